The fourth-order valence-corrected chi connectivity index (χ4v) is 4.69. The molecule has 0 bridgehead atoms. The Labute approximate surface area is 224 Å². The summed E-state index contributed by atoms with van der Waals surface area (Å²) in [4.78, 5) is 17.2. The number of aliphatic hydroxyl groups is 1. The number of carbonyl (C=O) groups is 1. The Kier molecular flexibility index (Phi) is 8.75. The lowest BCUT2D eigenvalue weighted by Gasteiger charge is -2.22. The van der Waals surface area contributed by atoms with E-state index in [1.165, 1.54) is 36.9 Å². The number of sulfone groups is 1. The van der Waals surface area contributed by atoms with Crippen LogP contribution >= 0.6 is 0 Å². The van der Waals surface area contributed by atoms with Crippen molar-refractivity contribution in [1.29, 1.82) is 0 Å². The van der Waals surface area contributed by atoms with Crippen LogP contribution in [0.1, 0.15) is 67.3 Å². The minimum absolute atomic E-state index is 0.0633. The van der Waals surface area contributed by atoms with E-state index in [0.29, 0.717) is 5.56 Å². The van der Waals surface area contributed by atoms with Crippen molar-refractivity contribution in [2.24, 2.45) is 0 Å². The minimum Gasteiger partial charge on any atom is -0.420 e. The Morgan fingerprint density at radius 1 is 1.15 bits per heavy atom. The molecule has 2 N–H and O–H groups in total. The predicted molar refractivity (Wildman–Crippen MR) is 137 cm³/mol. The van der Waals surface area contributed by atoms with Gasteiger partial charge in [-0.15, -0.1) is 0 Å². The molecule has 1 atom stereocenters. The third-order valence-corrected chi connectivity index (χ3v) is 7.68. The van der Waals surface area contributed by atoms with Crippen LogP contribution in [0.4, 0.5) is 13.2 Å². The number of nitrogens with one attached hydrogen (secondary N) is 1. The maximum absolute atomic E-state index is 13.5. The SMILES string of the molecule is CCS(=O)(=O)c1ccc(C(CCO)NC(=O)c2nn(C(C)(C)C)c(Oc3ncccc3C(F)(F)F)c2C)cc1. The molecule has 39 heavy (non-hydrogen) atoms. The van der Waals surface area contributed by atoms with E-state index >= 15 is 0 Å². The van der Waals surface area contributed by atoms with E-state index in [9.17, 15) is 31.5 Å². The molecule has 9 nitrogen and oxygen atoms in total. The second-order valence-corrected chi connectivity index (χ2v) is 12.1. The number of halogens is 3. The highest BCUT2D eigenvalue weighted by Gasteiger charge is 2.37. The first kappa shape index (κ1) is 30.1. The van der Waals surface area contributed by atoms with Gasteiger partial charge in [-0.25, -0.2) is 18.1 Å². The average Bonchev–Trinajstić information content (AvgIpc) is 3.20. The van der Waals surface area contributed by atoms with E-state index in [4.69, 9.17) is 4.74 Å². The zero-order valence-corrected chi connectivity index (χ0v) is 23.0. The highest BCUT2D eigenvalue weighted by atomic mass is 32.2. The molecule has 0 saturated heterocycles. The van der Waals surface area contributed by atoms with Gasteiger partial charge in [0.25, 0.3) is 5.91 Å². The summed E-state index contributed by atoms with van der Waals surface area (Å²) in [6.45, 7) is 8.00. The third kappa shape index (κ3) is 6.77. The molecule has 13 heteroatoms. The topological polar surface area (TPSA) is 123 Å². The van der Waals surface area contributed by atoms with E-state index in [-0.39, 0.29) is 40.8 Å². The number of hydrogen-bond acceptors (Lipinski definition) is 7. The van der Waals surface area contributed by atoms with Crippen molar-refractivity contribution in [2.75, 3.05) is 12.4 Å². The Balaban J connectivity index is 1.98. The summed E-state index contributed by atoms with van der Waals surface area (Å²) in [7, 11) is -3.42. The normalized spacial score (nSPS) is 13.3. The summed E-state index contributed by atoms with van der Waals surface area (Å²) in [5.41, 5.74) is -1.20. The molecule has 3 rings (SSSR count). The largest absolute Gasteiger partial charge is 0.421 e. The molecule has 2 aromatic heterocycles. The van der Waals surface area contributed by atoms with Gasteiger partial charge in [0.1, 0.15) is 5.56 Å². The minimum atomic E-state index is -4.71. The number of rotatable bonds is 9. The Morgan fingerprint density at radius 2 is 1.79 bits per heavy atom. The van der Waals surface area contributed by atoms with Crippen LogP contribution < -0.4 is 10.1 Å². The number of aliphatic hydroxyl groups excluding tert-OH is 1. The van der Waals surface area contributed by atoms with Gasteiger partial charge in [-0.3, -0.25) is 4.79 Å². The van der Waals surface area contributed by atoms with Crippen molar-refractivity contribution >= 4 is 15.7 Å². The number of carbonyl (C=O) groups excluding carboxylic acids is 1. The highest BCUT2D eigenvalue weighted by Crippen LogP contribution is 2.39. The number of ether oxygens (including phenoxy) is 1. The number of amides is 1. The van der Waals surface area contributed by atoms with Gasteiger partial charge < -0.3 is 15.2 Å². The van der Waals surface area contributed by atoms with Gasteiger partial charge >= 0.3 is 6.18 Å². The number of pyridine rings is 1. The first-order chi connectivity index (χ1) is 18.1. The van der Waals surface area contributed by atoms with Gasteiger partial charge in [-0.05, 0) is 63.9 Å². The van der Waals surface area contributed by atoms with Gasteiger partial charge in [0.15, 0.2) is 15.5 Å². The molecule has 3 aromatic rings. The number of aromatic nitrogens is 3. The van der Waals surface area contributed by atoms with Crippen molar-refractivity contribution in [3.8, 4) is 11.8 Å². The first-order valence-electron chi connectivity index (χ1n) is 12.1. The van der Waals surface area contributed by atoms with Crippen molar-refractivity contribution in [3.05, 3.63) is 65.0 Å². The molecule has 0 aliphatic heterocycles. The standard InChI is InChI=1S/C26H31F3N4O5S/c1-6-39(36,37)18-11-9-17(10-12-18)20(13-15-34)31-22(35)21-16(2)24(33(32-21)25(3,4)5)38-23-19(26(27,28)29)8-7-14-30-23/h7-12,14,20,34H,6,13,15H2,1-5H3,(H,31,35). The van der Waals surface area contributed by atoms with Crippen LogP contribution in [-0.4, -0.2) is 46.6 Å². The van der Waals surface area contributed by atoms with Crippen LogP contribution in [0.25, 0.3) is 0 Å². The van der Waals surface area contributed by atoms with E-state index in [2.05, 4.69) is 15.4 Å². The number of benzene rings is 1. The van der Waals surface area contributed by atoms with Crippen LogP contribution in [0.3, 0.4) is 0 Å². The third-order valence-electron chi connectivity index (χ3n) is 5.93. The Bertz CT molecular complexity index is 1430. The van der Waals surface area contributed by atoms with E-state index in [1.807, 2.05) is 0 Å². The molecule has 0 saturated carbocycles. The summed E-state index contributed by atoms with van der Waals surface area (Å²) in [6, 6.07) is 7.27. The zero-order chi connectivity index (χ0) is 29.2. The quantitative estimate of drug-likeness (QED) is 0.380. The monoisotopic (exact) mass is 568 g/mol. The summed E-state index contributed by atoms with van der Waals surface area (Å²) in [6.07, 6.45) is -3.42. The van der Waals surface area contributed by atoms with E-state index in [1.54, 1.807) is 32.9 Å². The lowest BCUT2D eigenvalue weighted by molar-refractivity contribution is -0.138. The summed E-state index contributed by atoms with van der Waals surface area (Å²) in [5.74, 6) is -1.47. The molecule has 2 heterocycles. The molecule has 1 unspecified atom stereocenters. The van der Waals surface area contributed by atoms with Crippen molar-refractivity contribution in [2.45, 2.75) is 63.7 Å². The van der Waals surface area contributed by atoms with Gasteiger partial charge in [-0.2, -0.15) is 18.3 Å². The predicted octanol–water partition coefficient (Wildman–Crippen LogP) is 4.80. The maximum atomic E-state index is 13.5. The molecule has 1 aromatic carbocycles. The summed E-state index contributed by atoms with van der Waals surface area (Å²) >= 11 is 0. The van der Waals surface area contributed by atoms with E-state index < -0.39 is 44.9 Å². The maximum Gasteiger partial charge on any atom is 0.421 e. The zero-order valence-electron chi connectivity index (χ0n) is 22.2. The summed E-state index contributed by atoms with van der Waals surface area (Å²) in [5, 5.41) is 16.7. The van der Waals surface area contributed by atoms with Crippen LogP contribution in [0.15, 0.2) is 47.5 Å². The molecular weight excluding hydrogens is 537 g/mol. The number of alkyl halides is 3. The first-order valence-corrected chi connectivity index (χ1v) is 13.8. The average molecular weight is 569 g/mol. The molecule has 0 radical (unpaired) electrons. The van der Waals surface area contributed by atoms with Gasteiger partial charge in [0.2, 0.25) is 11.8 Å². The molecule has 0 aliphatic rings. The van der Waals surface area contributed by atoms with Gasteiger partial charge in [0, 0.05) is 18.4 Å². The van der Waals surface area contributed by atoms with Crippen LogP contribution in [0.5, 0.6) is 11.8 Å². The highest BCUT2D eigenvalue weighted by molar-refractivity contribution is 7.91. The van der Waals surface area contributed by atoms with Crippen molar-refractivity contribution in [3.63, 3.8) is 0 Å². The molecule has 1 amide bonds. The second-order valence-electron chi connectivity index (χ2n) is 9.83. The molecule has 212 valence electrons. The smallest absolute Gasteiger partial charge is 0.420 e. The second kappa shape index (κ2) is 11.3. The Morgan fingerprint density at radius 3 is 2.33 bits per heavy atom. The molecule has 0 aliphatic carbocycles. The van der Waals surface area contributed by atoms with Crippen molar-refractivity contribution in [1.82, 2.24) is 20.1 Å². The van der Waals surface area contributed by atoms with Crippen molar-refractivity contribution < 1.29 is 36.2 Å². The van der Waals surface area contributed by atoms with Gasteiger partial charge in [-0.1, -0.05) is 19.1 Å². The number of nitrogens with zero attached hydrogens (tertiary/aromatic N) is 3. The molecule has 0 fully saturated rings. The number of hydrogen-bond donors (Lipinski definition) is 2. The molecule has 0 spiro atoms. The molecular formula is C26H31F3N4O5S. The van der Waals surface area contributed by atoms with E-state index in [0.717, 1.165) is 12.1 Å². The lowest BCUT2D eigenvalue weighted by atomic mass is 10.0. The van der Waals surface area contributed by atoms with Crippen LogP contribution in [-0.2, 0) is 21.6 Å². The van der Waals surface area contributed by atoms with Gasteiger partial charge in [0.05, 0.1) is 22.2 Å². The fraction of sp³-hybridized carbons (Fsp3) is 0.423. The lowest BCUT2D eigenvalue weighted by Crippen LogP contribution is -2.31. The van der Waals surface area contributed by atoms with Crippen LogP contribution in [0.2, 0.25) is 0 Å². The fourth-order valence-electron chi connectivity index (χ4n) is 3.80. The van der Waals surface area contributed by atoms with Crippen LogP contribution in [0, 0.1) is 6.92 Å². The summed E-state index contributed by atoms with van der Waals surface area (Å²) < 4.78 is 71.9. The Hall–Kier alpha value is -3.45.